The van der Waals surface area contributed by atoms with E-state index in [1.165, 1.54) is 23.5 Å². The van der Waals surface area contributed by atoms with E-state index in [2.05, 4.69) is 15.2 Å². The molecule has 0 radical (unpaired) electrons. The monoisotopic (exact) mass is 312 g/mol. The van der Waals surface area contributed by atoms with Gasteiger partial charge in [0.15, 0.2) is 0 Å². The highest BCUT2D eigenvalue weighted by Gasteiger charge is 2.10. The molecule has 0 saturated heterocycles. The van der Waals surface area contributed by atoms with Crippen molar-refractivity contribution in [2.75, 3.05) is 0 Å². The molecule has 22 heavy (non-hydrogen) atoms. The molecular formula is C15H12N4O2S. The lowest BCUT2D eigenvalue weighted by atomic mass is 10.1. The fourth-order valence-electron chi connectivity index (χ4n) is 2.00. The summed E-state index contributed by atoms with van der Waals surface area (Å²) in [7, 11) is 0. The lowest BCUT2D eigenvalue weighted by molar-refractivity contribution is -0.384. The van der Waals surface area contributed by atoms with Gasteiger partial charge in [-0.3, -0.25) is 10.1 Å². The van der Waals surface area contributed by atoms with Crippen LogP contribution in [0.3, 0.4) is 0 Å². The summed E-state index contributed by atoms with van der Waals surface area (Å²) in [5.74, 6) is 0. The third kappa shape index (κ3) is 2.99. The van der Waals surface area contributed by atoms with Gasteiger partial charge in [-0.05, 0) is 24.6 Å². The summed E-state index contributed by atoms with van der Waals surface area (Å²) in [5, 5.41) is 19.7. The Balaban J connectivity index is 1.82. The molecule has 0 aliphatic heterocycles. The van der Waals surface area contributed by atoms with Crippen LogP contribution in [0.1, 0.15) is 18.5 Å². The first-order valence-electron chi connectivity index (χ1n) is 6.64. The van der Waals surface area contributed by atoms with Gasteiger partial charge in [0.1, 0.15) is 0 Å². The number of aromatic nitrogens is 1. The van der Waals surface area contributed by atoms with Crippen LogP contribution >= 0.6 is 11.3 Å². The fourth-order valence-corrected chi connectivity index (χ4v) is 2.80. The lowest BCUT2D eigenvalue weighted by Gasteiger charge is -2.04. The van der Waals surface area contributed by atoms with E-state index < -0.39 is 4.92 Å². The molecule has 0 bridgehead atoms. The minimum absolute atomic E-state index is 0.0551. The predicted molar refractivity (Wildman–Crippen MR) is 85.6 cm³/mol. The molecule has 0 aliphatic carbocycles. The Morgan fingerprint density at radius 1 is 1.23 bits per heavy atom. The Labute approximate surface area is 130 Å². The maximum Gasteiger partial charge on any atom is 0.269 e. The Bertz CT molecular complexity index is 826. The van der Waals surface area contributed by atoms with Crippen LogP contribution in [0.15, 0.2) is 58.8 Å². The molecule has 0 saturated carbocycles. The zero-order chi connectivity index (χ0) is 15.5. The van der Waals surface area contributed by atoms with Gasteiger partial charge in [-0.15, -0.1) is 5.11 Å². The third-order valence-electron chi connectivity index (χ3n) is 3.16. The number of thiazole rings is 1. The van der Waals surface area contributed by atoms with Crippen molar-refractivity contribution in [1.82, 2.24) is 4.98 Å². The standard InChI is InChI=1S/C15H12N4O2S/c1-10(11-5-4-6-12(9-11)19(20)21)17-18-15-16-13-7-2-3-8-14(13)22-15/h2-10H,1H3. The Morgan fingerprint density at radius 2 is 2.05 bits per heavy atom. The maximum atomic E-state index is 10.8. The van der Waals surface area contributed by atoms with Crippen molar-refractivity contribution in [3.05, 3.63) is 64.2 Å². The number of hydrogen-bond donors (Lipinski definition) is 0. The SMILES string of the molecule is CC(N=Nc1nc2ccccc2s1)c1cccc([N+](=O)[O-])c1. The van der Waals surface area contributed by atoms with E-state index >= 15 is 0 Å². The van der Waals surface area contributed by atoms with Gasteiger partial charge >= 0.3 is 0 Å². The molecule has 0 amide bonds. The van der Waals surface area contributed by atoms with Crippen molar-refractivity contribution >= 4 is 32.4 Å². The average Bonchev–Trinajstić information content (AvgIpc) is 2.95. The highest BCUT2D eigenvalue weighted by molar-refractivity contribution is 7.21. The molecule has 7 heteroatoms. The van der Waals surface area contributed by atoms with Crippen molar-refractivity contribution in [1.29, 1.82) is 0 Å². The van der Waals surface area contributed by atoms with Crippen LogP contribution in [-0.2, 0) is 0 Å². The number of azo groups is 1. The zero-order valence-electron chi connectivity index (χ0n) is 11.7. The molecule has 3 rings (SSSR count). The third-order valence-corrected chi connectivity index (χ3v) is 4.08. The maximum absolute atomic E-state index is 10.8. The molecule has 0 fully saturated rings. The summed E-state index contributed by atoms with van der Waals surface area (Å²) in [4.78, 5) is 14.8. The summed E-state index contributed by atoms with van der Waals surface area (Å²) in [6, 6.07) is 13.9. The second-order valence-corrected chi connectivity index (χ2v) is 5.72. The highest BCUT2D eigenvalue weighted by Crippen LogP contribution is 2.29. The number of fused-ring (bicyclic) bond motifs is 1. The van der Waals surface area contributed by atoms with E-state index in [1.807, 2.05) is 31.2 Å². The van der Waals surface area contributed by atoms with Gasteiger partial charge in [-0.1, -0.05) is 35.6 Å². The zero-order valence-corrected chi connectivity index (χ0v) is 12.5. The number of nitro benzene ring substituents is 1. The van der Waals surface area contributed by atoms with Gasteiger partial charge in [0.05, 0.1) is 21.2 Å². The van der Waals surface area contributed by atoms with Gasteiger partial charge < -0.3 is 0 Å². The van der Waals surface area contributed by atoms with E-state index in [0.717, 1.165) is 15.8 Å². The molecule has 110 valence electrons. The fraction of sp³-hybridized carbons (Fsp3) is 0.133. The van der Waals surface area contributed by atoms with E-state index in [-0.39, 0.29) is 11.7 Å². The number of benzene rings is 2. The van der Waals surface area contributed by atoms with Crippen molar-refractivity contribution in [3.8, 4) is 0 Å². The number of hydrogen-bond acceptors (Lipinski definition) is 6. The first-order valence-corrected chi connectivity index (χ1v) is 7.46. The second-order valence-electron chi connectivity index (χ2n) is 4.71. The van der Waals surface area contributed by atoms with Crippen LogP contribution in [0, 0.1) is 10.1 Å². The van der Waals surface area contributed by atoms with E-state index in [4.69, 9.17) is 0 Å². The van der Waals surface area contributed by atoms with E-state index in [9.17, 15) is 10.1 Å². The topological polar surface area (TPSA) is 80.8 Å². The first-order chi connectivity index (χ1) is 10.6. The van der Waals surface area contributed by atoms with Crippen LogP contribution in [0.25, 0.3) is 10.2 Å². The molecule has 0 spiro atoms. The molecular weight excluding hydrogens is 300 g/mol. The van der Waals surface area contributed by atoms with E-state index in [1.54, 1.807) is 12.1 Å². The molecule has 1 unspecified atom stereocenters. The summed E-state index contributed by atoms with van der Waals surface area (Å²) >= 11 is 1.46. The molecule has 3 aromatic rings. The normalized spacial score (nSPS) is 12.8. The summed E-state index contributed by atoms with van der Waals surface area (Å²) in [5.41, 5.74) is 1.70. The molecule has 0 aliphatic rings. The van der Waals surface area contributed by atoms with Gasteiger partial charge in [0.25, 0.3) is 5.69 Å². The molecule has 0 N–H and O–H groups in total. The second kappa shape index (κ2) is 5.98. The van der Waals surface area contributed by atoms with Gasteiger partial charge in [0, 0.05) is 12.1 Å². The van der Waals surface area contributed by atoms with Crippen molar-refractivity contribution in [2.24, 2.45) is 10.2 Å². The lowest BCUT2D eigenvalue weighted by Crippen LogP contribution is -1.92. The number of para-hydroxylation sites is 1. The highest BCUT2D eigenvalue weighted by atomic mass is 32.1. The van der Waals surface area contributed by atoms with Crippen LogP contribution in [0.2, 0.25) is 0 Å². The largest absolute Gasteiger partial charge is 0.269 e. The quantitative estimate of drug-likeness (QED) is 0.384. The Hall–Kier alpha value is -2.67. The number of non-ortho nitro benzene ring substituents is 1. The van der Waals surface area contributed by atoms with Gasteiger partial charge in [0.2, 0.25) is 5.13 Å². The van der Waals surface area contributed by atoms with Crippen molar-refractivity contribution in [2.45, 2.75) is 13.0 Å². The molecule has 6 nitrogen and oxygen atoms in total. The first kappa shape index (κ1) is 14.3. The van der Waals surface area contributed by atoms with Crippen LogP contribution in [-0.4, -0.2) is 9.91 Å². The molecule has 1 atom stereocenters. The van der Waals surface area contributed by atoms with Crippen molar-refractivity contribution < 1.29 is 4.92 Å². The average molecular weight is 312 g/mol. The van der Waals surface area contributed by atoms with Crippen molar-refractivity contribution in [3.63, 3.8) is 0 Å². The van der Waals surface area contributed by atoms with Crippen LogP contribution in [0.4, 0.5) is 10.8 Å². The summed E-state index contributed by atoms with van der Waals surface area (Å²) in [6.45, 7) is 1.84. The Morgan fingerprint density at radius 3 is 2.82 bits per heavy atom. The molecule has 1 heterocycles. The predicted octanol–water partition coefficient (Wildman–Crippen LogP) is 5.05. The minimum Gasteiger partial charge on any atom is -0.258 e. The van der Waals surface area contributed by atoms with E-state index in [0.29, 0.717) is 5.13 Å². The van der Waals surface area contributed by atoms with Crippen LogP contribution in [0.5, 0.6) is 0 Å². The smallest absolute Gasteiger partial charge is 0.258 e. The number of rotatable bonds is 4. The summed E-state index contributed by atoms with van der Waals surface area (Å²) < 4.78 is 1.06. The number of nitro groups is 1. The van der Waals surface area contributed by atoms with Crippen LogP contribution < -0.4 is 0 Å². The molecule has 2 aromatic carbocycles. The van der Waals surface area contributed by atoms with Gasteiger partial charge in [-0.25, -0.2) is 4.98 Å². The Kier molecular flexibility index (Phi) is 3.88. The molecule has 1 aromatic heterocycles. The minimum atomic E-state index is -0.416. The number of nitrogens with zero attached hydrogens (tertiary/aromatic N) is 4. The van der Waals surface area contributed by atoms with Gasteiger partial charge in [-0.2, -0.15) is 5.11 Å². The summed E-state index contributed by atoms with van der Waals surface area (Å²) in [6.07, 6.45) is 0.